The largest absolute Gasteiger partial charge is 0.507 e. The van der Waals surface area contributed by atoms with Crippen LogP contribution in [0.1, 0.15) is 18.4 Å². The molecule has 2 rings (SSSR count). The first kappa shape index (κ1) is 14.2. The summed E-state index contributed by atoms with van der Waals surface area (Å²) >= 11 is 0. The molecule has 1 aromatic carbocycles. The molecular weight excluding hydrogens is 240 g/mol. The monoisotopic (exact) mass is 264 g/mol. The number of piperidine rings is 1. The molecule has 4 heteroatoms. The summed E-state index contributed by atoms with van der Waals surface area (Å²) in [4.78, 5) is 2.42. The lowest BCUT2D eigenvalue weighted by molar-refractivity contribution is 0.165. The lowest BCUT2D eigenvalue weighted by atomic mass is 9.97. The predicted molar refractivity (Wildman–Crippen MR) is 76.6 cm³/mol. The molecule has 0 amide bonds. The molecule has 2 N–H and O–H groups in total. The van der Waals surface area contributed by atoms with Gasteiger partial charge in [-0.1, -0.05) is 6.07 Å². The number of hydrogen-bond donors (Lipinski definition) is 2. The zero-order valence-corrected chi connectivity index (χ0v) is 11.9. The van der Waals surface area contributed by atoms with Crippen LogP contribution in [0, 0.1) is 5.92 Å². The number of ether oxygens (including phenoxy) is 1. The zero-order chi connectivity index (χ0) is 13.7. The van der Waals surface area contributed by atoms with Gasteiger partial charge in [-0.3, -0.25) is 4.90 Å². The number of likely N-dealkylation sites (tertiary alicyclic amines) is 1. The molecule has 0 bridgehead atoms. The highest BCUT2D eigenvalue weighted by Gasteiger charge is 2.20. The minimum Gasteiger partial charge on any atom is -0.507 e. The fraction of sp³-hybridized carbons (Fsp3) is 0.600. The molecule has 1 unspecified atom stereocenters. The lowest BCUT2D eigenvalue weighted by Crippen LogP contribution is -2.38. The van der Waals surface area contributed by atoms with E-state index in [1.165, 1.54) is 12.8 Å². The average molecular weight is 264 g/mol. The Morgan fingerprint density at radius 1 is 1.47 bits per heavy atom. The van der Waals surface area contributed by atoms with Crippen molar-refractivity contribution in [3.8, 4) is 11.5 Å². The SMILES string of the molecule is CNCC1CCCN(Cc2ccc(OC)cc2O)C1. The molecule has 1 fully saturated rings. The van der Waals surface area contributed by atoms with Crippen LogP contribution in [0.2, 0.25) is 0 Å². The number of aromatic hydroxyl groups is 1. The first-order valence-electron chi connectivity index (χ1n) is 6.95. The molecule has 0 saturated carbocycles. The van der Waals surface area contributed by atoms with E-state index in [-0.39, 0.29) is 0 Å². The molecule has 0 aromatic heterocycles. The molecule has 1 saturated heterocycles. The van der Waals surface area contributed by atoms with E-state index in [9.17, 15) is 5.11 Å². The maximum atomic E-state index is 10.0. The number of benzene rings is 1. The number of phenols is 1. The van der Waals surface area contributed by atoms with Crippen LogP contribution in [0.3, 0.4) is 0 Å². The summed E-state index contributed by atoms with van der Waals surface area (Å²) in [5.41, 5.74) is 0.978. The first-order chi connectivity index (χ1) is 9.22. The second-order valence-electron chi connectivity index (χ2n) is 5.30. The molecule has 1 aliphatic heterocycles. The maximum absolute atomic E-state index is 10.0. The van der Waals surface area contributed by atoms with Gasteiger partial charge >= 0.3 is 0 Å². The van der Waals surface area contributed by atoms with Crippen LogP contribution in [0.4, 0.5) is 0 Å². The highest BCUT2D eigenvalue weighted by molar-refractivity contribution is 5.39. The van der Waals surface area contributed by atoms with Crippen molar-refractivity contribution >= 4 is 0 Å². The van der Waals surface area contributed by atoms with Crippen LogP contribution < -0.4 is 10.1 Å². The minimum atomic E-state index is 0.329. The van der Waals surface area contributed by atoms with E-state index in [4.69, 9.17) is 4.74 Å². The van der Waals surface area contributed by atoms with E-state index in [0.717, 1.165) is 37.7 Å². The number of nitrogens with one attached hydrogen (secondary N) is 1. The topological polar surface area (TPSA) is 44.7 Å². The van der Waals surface area contributed by atoms with Crippen molar-refractivity contribution < 1.29 is 9.84 Å². The molecule has 0 spiro atoms. The molecule has 1 heterocycles. The van der Waals surface area contributed by atoms with E-state index < -0.39 is 0 Å². The highest BCUT2D eigenvalue weighted by Crippen LogP contribution is 2.26. The van der Waals surface area contributed by atoms with Gasteiger partial charge in [-0.2, -0.15) is 0 Å². The Morgan fingerprint density at radius 3 is 3.00 bits per heavy atom. The number of phenolic OH excluding ortho intramolecular Hbond substituents is 1. The van der Waals surface area contributed by atoms with Gasteiger partial charge in [-0.25, -0.2) is 0 Å². The second-order valence-corrected chi connectivity index (χ2v) is 5.30. The van der Waals surface area contributed by atoms with Gasteiger partial charge in [0.25, 0.3) is 0 Å². The smallest absolute Gasteiger partial charge is 0.123 e. The van der Waals surface area contributed by atoms with Gasteiger partial charge in [0.1, 0.15) is 11.5 Å². The van der Waals surface area contributed by atoms with Crippen molar-refractivity contribution in [1.29, 1.82) is 0 Å². The molecule has 106 valence electrons. The first-order valence-corrected chi connectivity index (χ1v) is 6.95. The second kappa shape index (κ2) is 6.78. The molecule has 1 aliphatic rings. The Labute approximate surface area is 115 Å². The molecule has 4 nitrogen and oxygen atoms in total. The summed E-state index contributed by atoms with van der Waals surface area (Å²) in [5.74, 6) is 1.75. The third-order valence-corrected chi connectivity index (χ3v) is 3.78. The van der Waals surface area contributed by atoms with Crippen LogP contribution in [0.25, 0.3) is 0 Å². The minimum absolute atomic E-state index is 0.329. The zero-order valence-electron chi connectivity index (χ0n) is 11.9. The summed E-state index contributed by atoms with van der Waals surface area (Å²) in [5, 5.41) is 13.3. The number of methoxy groups -OCH3 is 1. The Balaban J connectivity index is 1.96. The maximum Gasteiger partial charge on any atom is 0.123 e. The molecule has 0 radical (unpaired) electrons. The molecule has 1 atom stereocenters. The Hall–Kier alpha value is -1.26. The average Bonchev–Trinajstić information content (AvgIpc) is 2.42. The van der Waals surface area contributed by atoms with E-state index in [0.29, 0.717) is 11.5 Å². The molecular formula is C15H24N2O2. The normalized spacial score (nSPS) is 20.4. The lowest BCUT2D eigenvalue weighted by Gasteiger charge is -2.32. The highest BCUT2D eigenvalue weighted by atomic mass is 16.5. The Morgan fingerprint density at radius 2 is 2.32 bits per heavy atom. The molecule has 19 heavy (non-hydrogen) atoms. The van der Waals surface area contributed by atoms with E-state index in [1.54, 1.807) is 13.2 Å². The third-order valence-electron chi connectivity index (χ3n) is 3.78. The van der Waals surface area contributed by atoms with Gasteiger partial charge in [0.05, 0.1) is 7.11 Å². The van der Waals surface area contributed by atoms with Gasteiger partial charge in [0.2, 0.25) is 0 Å². The number of rotatable bonds is 5. The van der Waals surface area contributed by atoms with Crippen molar-refractivity contribution in [2.24, 2.45) is 5.92 Å². The number of hydrogen-bond acceptors (Lipinski definition) is 4. The third kappa shape index (κ3) is 3.85. The summed E-state index contributed by atoms with van der Waals surface area (Å²) in [6.07, 6.45) is 2.54. The standard InChI is InChI=1S/C15H24N2O2/c1-16-9-12-4-3-7-17(10-12)11-13-5-6-14(19-2)8-15(13)18/h5-6,8,12,16,18H,3-4,7,9-11H2,1-2H3. The van der Waals surface area contributed by atoms with Crippen molar-refractivity contribution in [2.45, 2.75) is 19.4 Å². The van der Waals surface area contributed by atoms with Gasteiger partial charge in [0.15, 0.2) is 0 Å². The van der Waals surface area contributed by atoms with Crippen molar-refractivity contribution in [2.75, 3.05) is 33.8 Å². The Kier molecular flexibility index (Phi) is 5.05. The van der Waals surface area contributed by atoms with Crippen LogP contribution >= 0.6 is 0 Å². The van der Waals surface area contributed by atoms with Crippen LogP contribution in [-0.2, 0) is 6.54 Å². The quantitative estimate of drug-likeness (QED) is 0.851. The molecule has 0 aliphatic carbocycles. The van der Waals surface area contributed by atoms with Gasteiger partial charge < -0.3 is 15.2 Å². The Bertz CT molecular complexity index is 407. The van der Waals surface area contributed by atoms with Crippen LogP contribution in [0.5, 0.6) is 11.5 Å². The van der Waals surface area contributed by atoms with Crippen molar-refractivity contribution in [3.63, 3.8) is 0 Å². The summed E-state index contributed by atoms with van der Waals surface area (Å²) in [6.45, 7) is 4.11. The van der Waals surface area contributed by atoms with Gasteiger partial charge in [0, 0.05) is 24.7 Å². The summed E-state index contributed by atoms with van der Waals surface area (Å²) in [7, 11) is 3.62. The van der Waals surface area contributed by atoms with Gasteiger partial charge in [-0.05, 0) is 45.0 Å². The fourth-order valence-corrected chi connectivity index (χ4v) is 2.80. The van der Waals surface area contributed by atoms with E-state index in [2.05, 4.69) is 10.2 Å². The predicted octanol–water partition coefficient (Wildman–Crippen LogP) is 1.83. The fourth-order valence-electron chi connectivity index (χ4n) is 2.80. The van der Waals surface area contributed by atoms with Crippen LogP contribution in [0.15, 0.2) is 18.2 Å². The van der Waals surface area contributed by atoms with E-state index in [1.807, 2.05) is 19.2 Å². The van der Waals surface area contributed by atoms with Crippen molar-refractivity contribution in [1.82, 2.24) is 10.2 Å². The summed E-state index contributed by atoms with van der Waals surface area (Å²) < 4.78 is 5.11. The molecule has 1 aromatic rings. The van der Waals surface area contributed by atoms with Crippen molar-refractivity contribution in [3.05, 3.63) is 23.8 Å². The van der Waals surface area contributed by atoms with Crippen LogP contribution in [-0.4, -0.2) is 43.8 Å². The summed E-state index contributed by atoms with van der Waals surface area (Å²) in [6, 6.07) is 5.55. The van der Waals surface area contributed by atoms with Gasteiger partial charge in [-0.15, -0.1) is 0 Å². The van der Waals surface area contributed by atoms with E-state index >= 15 is 0 Å². The number of nitrogens with zero attached hydrogens (tertiary/aromatic N) is 1.